The van der Waals surface area contributed by atoms with Crippen molar-refractivity contribution in [2.45, 2.75) is 12.5 Å². The van der Waals surface area contributed by atoms with Crippen molar-refractivity contribution >= 4 is 0 Å². The zero-order chi connectivity index (χ0) is 8.10. The number of H-pyrrole nitrogens is 1. The number of hydrogen-bond acceptors (Lipinski definition) is 2. The predicted octanol–water partition coefficient (Wildman–Crippen LogP) is 1.19. The summed E-state index contributed by atoms with van der Waals surface area (Å²) in [4.78, 5) is 3.06. The van der Waals surface area contributed by atoms with Crippen molar-refractivity contribution in [2.24, 2.45) is 0 Å². The molecule has 0 saturated heterocycles. The maximum absolute atomic E-state index is 8.46. The second-order valence-corrected chi connectivity index (χ2v) is 2.33. The lowest BCUT2D eigenvalue weighted by Crippen LogP contribution is -2.15. The first-order valence-corrected chi connectivity index (χ1v) is 3.56. The molecular weight excluding hydrogens is 138 g/mol. The quantitative estimate of drug-likeness (QED) is 0.678. The van der Waals surface area contributed by atoms with Crippen LogP contribution in [0.25, 0.3) is 0 Å². The number of aromatic nitrogens is 1. The van der Waals surface area contributed by atoms with Crippen molar-refractivity contribution in [3.8, 4) is 6.07 Å². The highest BCUT2D eigenvalue weighted by atomic mass is 14.9. The molecular formula is C8H11N3. The molecule has 0 aliphatic heterocycles. The standard InChI is InChI=1S/C8H11N3/c1-10-7(4-5-9)8-3-2-6-11-8/h2-3,6-7,10-11H,4H2,1H3. The summed E-state index contributed by atoms with van der Waals surface area (Å²) in [6, 6.07) is 6.16. The summed E-state index contributed by atoms with van der Waals surface area (Å²) in [5.41, 5.74) is 1.06. The minimum Gasteiger partial charge on any atom is -0.364 e. The van der Waals surface area contributed by atoms with Gasteiger partial charge in [0.05, 0.1) is 18.5 Å². The van der Waals surface area contributed by atoms with Gasteiger partial charge in [0.2, 0.25) is 0 Å². The Kier molecular flexibility index (Phi) is 2.70. The largest absolute Gasteiger partial charge is 0.364 e. The molecule has 58 valence electrons. The van der Waals surface area contributed by atoms with Crippen LogP contribution in [0, 0.1) is 11.3 Å². The Morgan fingerprint density at radius 2 is 2.64 bits per heavy atom. The smallest absolute Gasteiger partial charge is 0.0642 e. The van der Waals surface area contributed by atoms with E-state index in [0.29, 0.717) is 6.42 Å². The Morgan fingerprint density at radius 1 is 1.82 bits per heavy atom. The summed E-state index contributed by atoms with van der Waals surface area (Å²) in [6.07, 6.45) is 2.36. The first kappa shape index (κ1) is 7.83. The van der Waals surface area contributed by atoms with Gasteiger partial charge in [0.15, 0.2) is 0 Å². The van der Waals surface area contributed by atoms with E-state index in [9.17, 15) is 0 Å². The molecule has 1 aromatic rings. The molecule has 0 saturated carbocycles. The summed E-state index contributed by atoms with van der Waals surface area (Å²) < 4.78 is 0. The van der Waals surface area contributed by atoms with Gasteiger partial charge in [0.25, 0.3) is 0 Å². The van der Waals surface area contributed by atoms with Gasteiger partial charge in [-0.1, -0.05) is 0 Å². The van der Waals surface area contributed by atoms with Gasteiger partial charge in [0, 0.05) is 11.9 Å². The molecule has 0 amide bonds. The minimum atomic E-state index is 0.134. The number of rotatable bonds is 3. The fraction of sp³-hybridized carbons (Fsp3) is 0.375. The molecule has 1 atom stereocenters. The monoisotopic (exact) mass is 149 g/mol. The van der Waals surface area contributed by atoms with Gasteiger partial charge in [-0.25, -0.2) is 0 Å². The zero-order valence-corrected chi connectivity index (χ0v) is 6.46. The molecule has 1 unspecified atom stereocenters. The zero-order valence-electron chi connectivity index (χ0n) is 6.46. The second-order valence-electron chi connectivity index (χ2n) is 2.33. The van der Waals surface area contributed by atoms with Crippen LogP contribution in [0.4, 0.5) is 0 Å². The number of nitriles is 1. The van der Waals surface area contributed by atoms with E-state index >= 15 is 0 Å². The molecule has 0 fully saturated rings. The number of nitrogens with one attached hydrogen (secondary N) is 2. The molecule has 0 aliphatic carbocycles. The maximum atomic E-state index is 8.46. The topological polar surface area (TPSA) is 51.6 Å². The van der Waals surface area contributed by atoms with E-state index in [1.54, 1.807) is 0 Å². The summed E-state index contributed by atoms with van der Waals surface area (Å²) in [5.74, 6) is 0. The van der Waals surface area contributed by atoms with Crippen LogP contribution in [0.3, 0.4) is 0 Å². The summed E-state index contributed by atoms with van der Waals surface area (Å²) in [6.45, 7) is 0. The van der Waals surface area contributed by atoms with Crippen LogP contribution in [-0.4, -0.2) is 12.0 Å². The van der Waals surface area contributed by atoms with Crippen LogP contribution < -0.4 is 5.32 Å². The molecule has 0 aromatic carbocycles. The van der Waals surface area contributed by atoms with Crippen LogP contribution in [0.5, 0.6) is 0 Å². The number of nitrogens with zero attached hydrogens (tertiary/aromatic N) is 1. The molecule has 0 bridgehead atoms. The lowest BCUT2D eigenvalue weighted by atomic mass is 10.1. The Hall–Kier alpha value is -1.27. The third-order valence-corrected chi connectivity index (χ3v) is 1.64. The highest BCUT2D eigenvalue weighted by Crippen LogP contribution is 2.12. The van der Waals surface area contributed by atoms with E-state index in [-0.39, 0.29) is 6.04 Å². The molecule has 1 aromatic heterocycles. The molecule has 0 radical (unpaired) electrons. The van der Waals surface area contributed by atoms with Gasteiger partial charge in [-0.15, -0.1) is 0 Å². The third-order valence-electron chi connectivity index (χ3n) is 1.64. The maximum Gasteiger partial charge on any atom is 0.0642 e. The fourth-order valence-electron chi connectivity index (χ4n) is 1.02. The normalized spacial score (nSPS) is 12.4. The molecule has 1 rings (SSSR count). The molecule has 0 spiro atoms. The summed E-state index contributed by atoms with van der Waals surface area (Å²) in [5, 5.41) is 11.5. The minimum absolute atomic E-state index is 0.134. The van der Waals surface area contributed by atoms with Gasteiger partial charge in [-0.05, 0) is 19.2 Å². The fourth-order valence-corrected chi connectivity index (χ4v) is 1.02. The molecule has 0 aliphatic rings. The highest BCUT2D eigenvalue weighted by Gasteiger charge is 2.07. The summed E-state index contributed by atoms with van der Waals surface area (Å²) in [7, 11) is 1.85. The Bertz CT molecular complexity index is 232. The third kappa shape index (κ3) is 1.82. The first-order chi connectivity index (χ1) is 5.38. The average Bonchev–Trinajstić information content (AvgIpc) is 2.52. The van der Waals surface area contributed by atoms with Crippen molar-refractivity contribution in [1.29, 1.82) is 5.26 Å². The Morgan fingerprint density at radius 3 is 3.09 bits per heavy atom. The number of hydrogen-bond donors (Lipinski definition) is 2. The van der Waals surface area contributed by atoms with Crippen LogP contribution in [0.1, 0.15) is 18.2 Å². The van der Waals surface area contributed by atoms with Gasteiger partial charge in [0.1, 0.15) is 0 Å². The molecule has 1 heterocycles. The molecule has 3 heteroatoms. The SMILES string of the molecule is CNC(CC#N)c1ccc[nH]1. The van der Waals surface area contributed by atoms with Gasteiger partial charge in [-0.2, -0.15) is 5.26 Å². The Labute approximate surface area is 66.0 Å². The van der Waals surface area contributed by atoms with Crippen LogP contribution in [0.2, 0.25) is 0 Å². The van der Waals surface area contributed by atoms with Gasteiger partial charge in [-0.3, -0.25) is 0 Å². The van der Waals surface area contributed by atoms with E-state index in [2.05, 4.69) is 16.4 Å². The van der Waals surface area contributed by atoms with Crippen molar-refractivity contribution in [1.82, 2.24) is 10.3 Å². The van der Waals surface area contributed by atoms with Crippen LogP contribution >= 0.6 is 0 Å². The van der Waals surface area contributed by atoms with E-state index in [0.717, 1.165) is 5.69 Å². The van der Waals surface area contributed by atoms with Crippen molar-refractivity contribution in [3.05, 3.63) is 24.0 Å². The van der Waals surface area contributed by atoms with Crippen LogP contribution in [0.15, 0.2) is 18.3 Å². The number of aromatic amines is 1. The van der Waals surface area contributed by atoms with Crippen LogP contribution in [-0.2, 0) is 0 Å². The van der Waals surface area contributed by atoms with E-state index < -0.39 is 0 Å². The van der Waals surface area contributed by atoms with Gasteiger partial charge >= 0.3 is 0 Å². The second kappa shape index (κ2) is 3.79. The Balaban J connectivity index is 2.65. The summed E-state index contributed by atoms with van der Waals surface area (Å²) >= 11 is 0. The van der Waals surface area contributed by atoms with Crippen molar-refractivity contribution in [3.63, 3.8) is 0 Å². The average molecular weight is 149 g/mol. The highest BCUT2D eigenvalue weighted by molar-refractivity contribution is 5.10. The van der Waals surface area contributed by atoms with E-state index in [4.69, 9.17) is 5.26 Å². The lowest BCUT2D eigenvalue weighted by molar-refractivity contribution is 0.594. The first-order valence-electron chi connectivity index (χ1n) is 3.56. The van der Waals surface area contributed by atoms with Gasteiger partial charge < -0.3 is 10.3 Å². The molecule has 3 nitrogen and oxygen atoms in total. The van der Waals surface area contributed by atoms with Crippen molar-refractivity contribution in [2.75, 3.05) is 7.05 Å². The van der Waals surface area contributed by atoms with E-state index in [1.807, 2.05) is 25.4 Å². The lowest BCUT2D eigenvalue weighted by Gasteiger charge is -2.09. The van der Waals surface area contributed by atoms with E-state index in [1.165, 1.54) is 0 Å². The molecule has 2 N–H and O–H groups in total. The van der Waals surface area contributed by atoms with Crippen molar-refractivity contribution < 1.29 is 0 Å². The predicted molar refractivity (Wildman–Crippen MR) is 42.8 cm³/mol. The molecule has 11 heavy (non-hydrogen) atoms.